The monoisotopic (exact) mass is 538 g/mol. The number of hydrogen-bond donors (Lipinski definition) is 3. The fourth-order valence-corrected chi connectivity index (χ4v) is 4.14. The maximum absolute atomic E-state index is 13.1. The summed E-state index contributed by atoms with van der Waals surface area (Å²) in [6.45, 7) is -0.774. The molecule has 0 saturated heterocycles. The predicted molar refractivity (Wildman–Crippen MR) is 136 cm³/mol. The number of nitrogens with zero attached hydrogens (tertiary/aromatic N) is 3. The Kier molecular flexibility index (Phi) is 6.98. The molecule has 0 spiro atoms. The molecule has 3 aromatic rings. The molecule has 2 amide bonds. The van der Waals surface area contributed by atoms with Crippen molar-refractivity contribution in [2.24, 2.45) is 12.0 Å². The van der Waals surface area contributed by atoms with Crippen molar-refractivity contribution in [2.45, 2.75) is 32.7 Å². The second-order valence-corrected chi connectivity index (χ2v) is 8.92. The summed E-state index contributed by atoms with van der Waals surface area (Å²) in [5, 5.41) is 7.06. The molecule has 0 radical (unpaired) electrons. The van der Waals surface area contributed by atoms with Crippen LogP contribution >= 0.6 is 0 Å². The number of alkyl halides is 2. The SMILES string of the molecule is CC1C=C2N=C(C(=O)NCc3ccc4oc(=O)n(C)c4c3)C=C(C(=O)NCc3ccc(OC(F)F)cc3)N2N1. The van der Waals surface area contributed by atoms with Crippen LogP contribution in [0.4, 0.5) is 8.78 Å². The normalized spacial score (nSPS) is 16.5. The molecule has 2 aliphatic rings. The first-order valence-corrected chi connectivity index (χ1v) is 11.9. The lowest BCUT2D eigenvalue weighted by Crippen LogP contribution is -2.44. The Morgan fingerprint density at radius 2 is 1.79 bits per heavy atom. The van der Waals surface area contributed by atoms with Crippen LogP contribution < -0.4 is 26.6 Å². The van der Waals surface area contributed by atoms with Crippen molar-refractivity contribution in [3.63, 3.8) is 0 Å². The van der Waals surface area contributed by atoms with Crippen molar-refractivity contribution >= 4 is 28.6 Å². The number of nitrogens with one attached hydrogen (secondary N) is 3. The first-order chi connectivity index (χ1) is 18.7. The summed E-state index contributed by atoms with van der Waals surface area (Å²) < 4.78 is 35.6. The van der Waals surface area contributed by atoms with Gasteiger partial charge in [0.25, 0.3) is 11.8 Å². The highest BCUT2D eigenvalue weighted by atomic mass is 19.3. The molecule has 2 aliphatic heterocycles. The molecule has 39 heavy (non-hydrogen) atoms. The highest BCUT2D eigenvalue weighted by Crippen LogP contribution is 2.24. The molecule has 11 nitrogen and oxygen atoms in total. The van der Waals surface area contributed by atoms with Crippen molar-refractivity contribution in [1.82, 2.24) is 25.6 Å². The fraction of sp³-hybridized carbons (Fsp3) is 0.231. The molecule has 0 aliphatic carbocycles. The Hall–Kier alpha value is -4.78. The average molecular weight is 539 g/mol. The zero-order valence-corrected chi connectivity index (χ0v) is 20.9. The number of amides is 2. The van der Waals surface area contributed by atoms with Crippen LogP contribution in [0.5, 0.6) is 5.75 Å². The Bertz CT molecular complexity index is 1590. The molecule has 3 N–H and O–H groups in total. The Morgan fingerprint density at radius 3 is 2.54 bits per heavy atom. The number of aromatic nitrogens is 1. The van der Waals surface area contributed by atoms with Crippen molar-refractivity contribution in [1.29, 1.82) is 0 Å². The molecule has 5 rings (SSSR count). The third kappa shape index (κ3) is 5.57. The van der Waals surface area contributed by atoms with E-state index in [0.717, 1.165) is 5.56 Å². The minimum atomic E-state index is -2.92. The van der Waals surface area contributed by atoms with E-state index in [2.05, 4.69) is 25.8 Å². The topological polar surface area (TPSA) is 130 Å². The van der Waals surface area contributed by atoms with Crippen molar-refractivity contribution in [3.8, 4) is 5.75 Å². The van der Waals surface area contributed by atoms with Gasteiger partial charge in [-0.1, -0.05) is 18.2 Å². The molecule has 1 aromatic heterocycles. The van der Waals surface area contributed by atoms with Gasteiger partial charge in [-0.3, -0.25) is 19.2 Å². The minimum absolute atomic E-state index is 0.0145. The molecule has 202 valence electrons. The van der Waals surface area contributed by atoms with Gasteiger partial charge in [-0.25, -0.2) is 15.2 Å². The van der Waals surface area contributed by atoms with Crippen molar-refractivity contribution in [3.05, 3.63) is 87.8 Å². The van der Waals surface area contributed by atoms with Gasteiger partial charge >= 0.3 is 12.4 Å². The van der Waals surface area contributed by atoms with Gasteiger partial charge in [-0.2, -0.15) is 8.78 Å². The zero-order valence-electron chi connectivity index (χ0n) is 20.9. The third-order valence-electron chi connectivity index (χ3n) is 6.09. The molecule has 0 fully saturated rings. The van der Waals surface area contributed by atoms with Crippen LogP contribution in [0, 0.1) is 0 Å². The van der Waals surface area contributed by atoms with E-state index in [1.165, 1.54) is 27.8 Å². The van der Waals surface area contributed by atoms with Crippen LogP contribution in [-0.4, -0.2) is 39.8 Å². The fourth-order valence-electron chi connectivity index (χ4n) is 4.14. The summed E-state index contributed by atoms with van der Waals surface area (Å²) >= 11 is 0. The van der Waals surface area contributed by atoms with Crippen LogP contribution in [0.25, 0.3) is 11.1 Å². The van der Waals surface area contributed by atoms with Crippen LogP contribution in [0.1, 0.15) is 18.1 Å². The summed E-state index contributed by atoms with van der Waals surface area (Å²) in [4.78, 5) is 42.2. The number of aliphatic imine (C=N–C) groups is 1. The standard InChI is InChI=1S/C26H24F2N6O5/c1-14-9-22-31-18(23(35)29-13-16-5-8-21-19(10-16)33(2)26(37)39-21)11-20(34(22)32-14)24(36)30-12-15-3-6-17(7-4-15)38-25(27)28/h3-11,14,25,32H,12-13H2,1-2H3,(H,29,35)(H,30,36). The van der Waals surface area contributed by atoms with Crippen LogP contribution in [-0.2, 0) is 29.7 Å². The largest absolute Gasteiger partial charge is 0.435 e. The number of fused-ring (bicyclic) bond motifs is 2. The van der Waals surface area contributed by atoms with Gasteiger partial charge in [0.2, 0.25) is 0 Å². The van der Waals surface area contributed by atoms with E-state index in [1.54, 1.807) is 43.5 Å². The first-order valence-electron chi connectivity index (χ1n) is 11.9. The lowest BCUT2D eigenvalue weighted by molar-refractivity contribution is -0.119. The first kappa shape index (κ1) is 25.9. The molecule has 0 saturated carbocycles. The van der Waals surface area contributed by atoms with E-state index >= 15 is 0 Å². The lowest BCUT2D eigenvalue weighted by atomic mass is 10.1. The molecule has 1 unspecified atom stereocenters. The predicted octanol–water partition coefficient (Wildman–Crippen LogP) is 2.05. The molecule has 3 heterocycles. The van der Waals surface area contributed by atoms with E-state index in [9.17, 15) is 23.2 Å². The number of hydrazine groups is 1. The number of carbonyl (C=O) groups excluding carboxylic acids is 2. The summed E-state index contributed by atoms with van der Waals surface area (Å²) in [6.07, 6.45) is 3.16. The number of halogens is 2. The Balaban J connectivity index is 1.28. The quantitative estimate of drug-likeness (QED) is 0.400. The molecule has 1 atom stereocenters. The highest BCUT2D eigenvalue weighted by molar-refractivity contribution is 6.44. The third-order valence-corrected chi connectivity index (χ3v) is 6.09. The van der Waals surface area contributed by atoms with Gasteiger partial charge < -0.3 is 19.8 Å². The van der Waals surface area contributed by atoms with Crippen molar-refractivity contribution < 1.29 is 27.5 Å². The van der Waals surface area contributed by atoms with Gasteiger partial charge in [-0.05, 0) is 48.4 Å². The number of aryl methyl sites for hydroxylation is 1. The zero-order chi connectivity index (χ0) is 27.7. The summed E-state index contributed by atoms with van der Waals surface area (Å²) in [7, 11) is 1.59. The van der Waals surface area contributed by atoms with E-state index in [4.69, 9.17) is 4.42 Å². The summed E-state index contributed by atoms with van der Waals surface area (Å²) in [6, 6.07) is 10.9. The number of rotatable bonds is 8. The van der Waals surface area contributed by atoms with E-state index < -0.39 is 24.2 Å². The Morgan fingerprint density at radius 1 is 1.10 bits per heavy atom. The minimum Gasteiger partial charge on any atom is -0.435 e. The van der Waals surface area contributed by atoms with E-state index in [1.807, 2.05) is 6.92 Å². The highest BCUT2D eigenvalue weighted by Gasteiger charge is 2.32. The van der Waals surface area contributed by atoms with Crippen LogP contribution in [0.2, 0.25) is 0 Å². The van der Waals surface area contributed by atoms with Crippen LogP contribution in [0.3, 0.4) is 0 Å². The van der Waals surface area contributed by atoms with Gasteiger partial charge in [0.05, 0.1) is 5.52 Å². The van der Waals surface area contributed by atoms with E-state index in [-0.39, 0.29) is 36.3 Å². The van der Waals surface area contributed by atoms with Gasteiger partial charge in [-0.15, -0.1) is 0 Å². The maximum atomic E-state index is 13.1. The lowest BCUT2D eigenvalue weighted by Gasteiger charge is -2.26. The smallest absolute Gasteiger partial charge is 0.419 e. The van der Waals surface area contributed by atoms with Gasteiger partial charge in [0.1, 0.15) is 23.0 Å². The number of oxazole rings is 1. The molecule has 2 aromatic carbocycles. The number of ether oxygens (including phenoxy) is 1. The molecule has 13 heteroatoms. The average Bonchev–Trinajstić information content (AvgIpc) is 3.43. The second kappa shape index (κ2) is 10.5. The second-order valence-electron chi connectivity index (χ2n) is 8.92. The van der Waals surface area contributed by atoms with E-state index in [0.29, 0.717) is 22.5 Å². The Labute approximate surface area is 220 Å². The molecular formula is C26H24F2N6O5. The van der Waals surface area contributed by atoms with Crippen molar-refractivity contribution in [2.75, 3.05) is 0 Å². The van der Waals surface area contributed by atoms with Crippen LogP contribution in [0.15, 0.2) is 80.3 Å². The molecule has 0 bridgehead atoms. The molecular weight excluding hydrogens is 514 g/mol. The maximum Gasteiger partial charge on any atom is 0.419 e. The summed E-state index contributed by atoms with van der Waals surface area (Å²) in [5.41, 5.74) is 5.76. The number of benzene rings is 2. The van der Waals surface area contributed by atoms with Gasteiger partial charge in [0, 0.05) is 32.3 Å². The summed E-state index contributed by atoms with van der Waals surface area (Å²) in [5.74, 6) is -1.02. The number of hydrogen-bond acceptors (Lipinski definition) is 8. The number of carbonyl (C=O) groups is 2. The van der Waals surface area contributed by atoms with Gasteiger partial charge in [0.15, 0.2) is 5.58 Å².